The predicted molar refractivity (Wildman–Crippen MR) is 54.9 cm³/mol. The van der Waals surface area contributed by atoms with Crippen molar-refractivity contribution in [3.8, 4) is 0 Å². The minimum Gasteiger partial charge on any atom is -0.305 e. The second kappa shape index (κ2) is 5.80. The van der Waals surface area contributed by atoms with Gasteiger partial charge in [-0.2, -0.15) is 5.10 Å². The van der Waals surface area contributed by atoms with Gasteiger partial charge in [-0.25, -0.2) is 8.78 Å². The van der Waals surface area contributed by atoms with E-state index in [-0.39, 0.29) is 0 Å². The molecule has 0 saturated carbocycles. The van der Waals surface area contributed by atoms with Crippen LogP contribution in [0.2, 0.25) is 0 Å². The number of hydrogen-bond donors (Lipinski definition) is 1. The monoisotopic (exact) mass is 217 g/mol. The maximum absolute atomic E-state index is 12.7. The quantitative estimate of drug-likeness (QED) is 0.791. The van der Waals surface area contributed by atoms with Gasteiger partial charge in [0, 0.05) is 18.3 Å². The summed E-state index contributed by atoms with van der Waals surface area (Å²) < 4.78 is 27.0. The van der Waals surface area contributed by atoms with Crippen LogP contribution in [0.3, 0.4) is 0 Å². The molecule has 1 atom stereocenters. The Morgan fingerprint density at radius 3 is 2.73 bits per heavy atom. The van der Waals surface area contributed by atoms with E-state index in [1.54, 1.807) is 10.9 Å². The lowest BCUT2D eigenvalue weighted by Gasteiger charge is -2.14. The van der Waals surface area contributed by atoms with Gasteiger partial charge in [0.25, 0.3) is 6.43 Å². The molecule has 0 aliphatic heterocycles. The van der Waals surface area contributed by atoms with Crippen LogP contribution < -0.4 is 5.32 Å². The molecule has 1 N–H and O–H groups in total. The van der Waals surface area contributed by atoms with Crippen LogP contribution in [0.5, 0.6) is 0 Å². The van der Waals surface area contributed by atoms with Gasteiger partial charge in [0.1, 0.15) is 0 Å². The topological polar surface area (TPSA) is 29.9 Å². The molecule has 0 aliphatic rings. The molecule has 1 rings (SSSR count). The summed E-state index contributed by atoms with van der Waals surface area (Å²) in [4.78, 5) is 0. The van der Waals surface area contributed by atoms with E-state index in [2.05, 4.69) is 10.4 Å². The second-order valence-electron chi connectivity index (χ2n) is 3.41. The third kappa shape index (κ3) is 3.27. The number of nitrogens with one attached hydrogen (secondary N) is 1. The average Bonchev–Trinajstić information content (AvgIpc) is 2.62. The average molecular weight is 217 g/mol. The molecule has 3 nitrogen and oxygen atoms in total. The highest BCUT2D eigenvalue weighted by atomic mass is 19.3. The number of aromatic nitrogens is 2. The first-order valence-corrected chi connectivity index (χ1v) is 5.22. The van der Waals surface area contributed by atoms with Crippen molar-refractivity contribution >= 4 is 0 Å². The van der Waals surface area contributed by atoms with Crippen molar-refractivity contribution in [2.45, 2.75) is 39.3 Å². The van der Waals surface area contributed by atoms with Crippen LogP contribution in [0, 0.1) is 0 Å². The van der Waals surface area contributed by atoms with Gasteiger partial charge in [-0.1, -0.05) is 13.8 Å². The molecule has 0 spiro atoms. The van der Waals surface area contributed by atoms with E-state index < -0.39 is 12.5 Å². The van der Waals surface area contributed by atoms with Gasteiger partial charge in [-0.3, -0.25) is 4.68 Å². The number of halogens is 2. The van der Waals surface area contributed by atoms with Crippen molar-refractivity contribution in [3.63, 3.8) is 0 Å². The minimum absolute atomic E-state index is 0.522. The fourth-order valence-electron chi connectivity index (χ4n) is 1.46. The normalized spacial score (nSPS) is 13.4. The largest absolute Gasteiger partial charge is 0.305 e. The molecule has 1 heterocycles. The summed E-state index contributed by atoms with van der Waals surface area (Å²) in [5.74, 6) is 0. The van der Waals surface area contributed by atoms with Crippen LogP contribution in [0.25, 0.3) is 0 Å². The molecule has 0 amide bonds. The highest BCUT2D eigenvalue weighted by molar-refractivity contribution is 5.11. The lowest BCUT2D eigenvalue weighted by molar-refractivity contribution is 0.0992. The fourth-order valence-corrected chi connectivity index (χ4v) is 1.46. The molecule has 1 aromatic heterocycles. The lowest BCUT2D eigenvalue weighted by Crippen LogP contribution is -2.26. The first kappa shape index (κ1) is 12.1. The van der Waals surface area contributed by atoms with Crippen LogP contribution >= 0.6 is 0 Å². The molecule has 86 valence electrons. The van der Waals surface area contributed by atoms with E-state index in [4.69, 9.17) is 0 Å². The number of rotatable bonds is 6. The van der Waals surface area contributed by atoms with Crippen LogP contribution in [-0.2, 0) is 6.54 Å². The summed E-state index contributed by atoms with van der Waals surface area (Å²) in [6, 6.07) is -0.902. The van der Waals surface area contributed by atoms with E-state index in [9.17, 15) is 8.78 Å². The van der Waals surface area contributed by atoms with Crippen molar-refractivity contribution in [2.24, 2.45) is 0 Å². The zero-order chi connectivity index (χ0) is 11.3. The van der Waals surface area contributed by atoms with Crippen LogP contribution in [0.4, 0.5) is 8.78 Å². The van der Waals surface area contributed by atoms with Crippen molar-refractivity contribution < 1.29 is 8.78 Å². The smallest absolute Gasteiger partial charge is 0.257 e. The molecule has 0 bridgehead atoms. The number of alkyl halides is 2. The summed E-state index contributed by atoms with van der Waals surface area (Å²) >= 11 is 0. The molecule has 0 fully saturated rings. The molecule has 15 heavy (non-hydrogen) atoms. The summed E-state index contributed by atoms with van der Waals surface area (Å²) in [5.41, 5.74) is 0.556. The van der Waals surface area contributed by atoms with E-state index in [0.29, 0.717) is 12.1 Å². The predicted octanol–water partition coefficient (Wildman–Crippen LogP) is 2.21. The van der Waals surface area contributed by atoms with Crippen molar-refractivity contribution in [1.29, 1.82) is 0 Å². The summed E-state index contributed by atoms with van der Waals surface area (Å²) in [5, 5.41) is 6.79. The number of hydrogen-bond acceptors (Lipinski definition) is 2. The van der Waals surface area contributed by atoms with E-state index in [1.165, 1.54) is 6.20 Å². The lowest BCUT2D eigenvalue weighted by atomic mass is 10.2. The second-order valence-corrected chi connectivity index (χ2v) is 3.41. The molecule has 0 radical (unpaired) electrons. The molecule has 1 unspecified atom stereocenters. The molecule has 1 aromatic rings. The van der Waals surface area contributed by atoms with Gasteiger partial charge >= 0.3 is 0 Å². The van der Waals surface area contributed by atoms with Crippen LogP contribution in [0.1, 0.15) is 31.9 Å². The van der Waals surface area contributed by atoms with Gasteiger partial charge < -0.3 is 5.32 Å². The molecule has 5 heteroatoms. The number of aryl methyl sites for hydroxylation is 1. The molecular formula is C10H17F2N3. The Morgan fingerprint density at radius 1 is 1.47 bits per heavy atom. The Morgan fingerprint density at radius 2 is 2.20 bits per heavy atom. The van der Waals surface area contributed by atoms with Crippen molar-refractivity contribution in [1.82, 2.24) is 15.1 Å². The Labute approximate surface area is 88.5 Å². The standard InChI is InChI=1S/C10H17F2N3/c1-3-5-15-7-8(6-14-15)9(10(11)12)13-4-2/h6-7,9-10,13H,3-5H2,1-2H3. The van der Waals surface area contributed by atoms with Crippen molar-refractivity contribution in [3.05, 3.63) is 18.0 Å². The molecule has 0 aliphatic carbocycles. The van der Waals surface area contributed by atoms with Crippen LogP contribution in [-0.4, -0.2) is 22.8 Å². The number of nitrogens with zero attached hydrogens (tertiary/aromatic N) is 2. The van der Waals surface area contributed by atoms with Gasteiger partial charge in [0.05, 0.1) is 12.2 Å². The van der Waals surface area contributed by atoms with E-state index in [0.717, 1.165) is 13.0 Å². The van der Waals surface area contributed by atoms with Gasteiger partial charge in [0.2, 0.25) is 0 Å². The summed E-state index contributed by atoms with van der Waals surface area (Å²) in [7, 11) is 0. The maximum atomic E-state index is 12.7. The zero-order valence-electron chi connectivity index (χ0n) is 9.08. The fraction of sp³-hybridized carbons (Fsp3) is 0.700. The first-order valence-electron chi connectivity index (χ1n) is 5.22. The Bertz CT molecular complexity index is 286. The summed E-state index contributed by atoms with van der Waals surface area (Å²) in [6.07, 6.45) is 1.74. The third-order valence-electron chi connectivity index (χ3n) is 2.14. The zero-order valence-corrected chi connectivity index (χ0v) is 9.08. The van der Waals surface area contributed by atoms with Gasteiger partial charge in [-0.05, 0) is 13.0 Å². The third-order valence-corrected chi connectivity index (χ3v) is 2.14. The molecule has 0 saturated heterocycles. The Balaban J connectivity index is 2.72. The maximum Gasteiger partial charge on any atom is 0.257 e. The van der Waals surface area contributed by atoms with Gasteiger partial charge in [-0.15, -0.1) is 0 Å². The van der Waals surface area contributed by atoms with Crippen molar-refractivity contribution in [2.75, 3.05) is 6.54 Å². The SMILES string of the molecule is CCCn1cc(C(NCC)C(F)F)cn1. The first-order chi connectivity index (χ1) is 7.19. The molecule has 0 aromatic carbocycles. The Kier molecular flexibility index (Phi) is 4.68. The minimum atomic E-state index is -2.40. The van der Waals surface area contributed by atoms with Crippen LogP contribution in [0.15, 0.2) is 12.4 Å². The summed E-state index contributed by atoms with van der Waals surface area (Å²) in [6.45, 7) is 5.12. The highest BCUT2D eigenvalue weighted by Gasteiger charge is 2.22. The van der Waals surface area contributed by atoms with E-state index in [1.807, 2.05) is 13.8 Å². The highest BCUT2D eigenvalue weighted by Crippen LogP contribution is 2.19. The van der Waals surface area contributed by atoms with Gasteiger partial charge in [0.15, 0.2) is 0 Å². The Hall–Kier alpha value is -0.970. The molecular weight excluding hydrogens is 200 g/mol. The van der Waals surface area contributed by atoms with E-state index >= 15 is 0 Å².